The summed E-state index contributed by atoms with van der Waals surface area (Å²) < 4.78 is 11.7. The van der Waals surface area contributed by atoms with Gasteiger partial charge in [0.25, 0.3) is 0 Å². The van der Waals surface area contributed by atoms with Crippen LogP contribution in [0.1, 0.15) is 18.9 Å². The molecule has 1 amide bonds. The maximum atomic E-state index is 12.4. The Labute approximate surface area is 135 Å². The molecule has 22 heavy (non-hydrogen) atoms. The summed E-state index contributed by atoms with van der Waals surface area (Å²) in [6.07, 6.45) is 1.28. The standard InChI is InChI=1S/C17H26N2O2S/c1-14-12-19(9-10-22(21)13-14)17(20)8-7-15-5-4-6-16(11-15)18(2)3/h4-6,11,14H,7-10,12-13H2,1-3H3/t14-,22-/m0/s1. The number of carbonyl (C=O) groups is 1. The molecule has 0 saturated carbocycles. The zero-order valence-corrected chi connectivity index (χ0v) is 14.6. The molecule has 1 aliphatic heterocycles. The molecule has 2 atom stereocenters. The lowest BCUT2D eigenvalue weighted by atomic mass is 10.1. The third-order valence-corrected chi connectivity index (χ3v) is 5.58. The number of benzene rings is 1. The SMILES string of the molecule is C[C@H]1CN(C(=O)CCc2cccc(N(C)C)c2)CC[S@](=O)C1. The number of hydrogen-bond acceptors (Lipinski definition) is 3. The summed E-state index contributed by atoms with van der Waals surface area (Å²) in [7, 11) is 3.26. The highest BCUT2D eigenvalue weighted by Gasteiger charge is 2.22. The number of nitrogens with zero attached hydrogens (tertiary/aromatic N) is 2. The van der Waals surface area contributed by atoms with Crippen molar-refractivity contribution in [2.24, 2.45) is 5.92 Å². The Morgan fingerprint density at radius 3 is 2.91 bits per heavy atom. The van der Waals surface area contributed by atoms with Crippen molar-refractivity contribution in [1.29, 1.82) is 0 Å². The van der Waals surface area contributed by atoms with Gasteiger partial charge in [-0.3, -0.25) is 9.00 Å². The normalized spacial score (nSPS) is 22.2. The Balaban J connectivity index is 1.92. The summed E-state index contributed by atoms with van der Waals surface area (Å²) in [5.74, 6) is 1.84. The van der Waals surface area contributed by atoms with Gasteiger partial charge in [0.15, 0.2) is 0 Å². The van der Waals surface area contributed by atoms with E-state index in [9.17, 15) is 9.00 Å². The Kier molecular flexibility index (Phi) is 6.00. The Hall–Kier alpha value is -1.36. The molecule has 122 valence electrons. The zero-order valence-electron chi connectivity index (χ0n) is 13.7. The van der Waals surface area contributed by atoms with Gasteiger partial charge < -0.3 is 9.80 Å². The molecule has 0 radical (unpaired) electrons. The summed E-state index contributed by atoms with van der Waals surface area (Å²) in [5.41, 5.74) is 2.34. The van der Waals surface area contributed by atoms with Crippen LogP contribution in [0.3, 0.4) is 0 Å². The molecule has 0 aliphatic carbocycles. The van der Waals surface area contributed by atoms with Crippen molar-refractivity contribution >= 4 is 22.4 Å². The molecule has 0 aromatic heterocycles. The molecular weight excluding hydrogens is 296 g/mol. The molecule has 0 N–H and O–H groups in total. The Morgan fingerprint density at radius 1 is 1.41 bits per heavy atom. The quantitative estimate of drug-likeness (QED) is 0.850. The number of amides is 1. The lowest BCUT2D eigenvalue weighted by Gasteiger charge is -2.22. The maximum absolute atomic E-state index is 12.4. The minimum Gasteiger partial charge on any atom is -0.378 e. The molecule has 1 aromatic rings. The van der Waals surface area contributed by atoms with Crippen LogP contribution in [0.25, 0.3) is 0 Å². The van der Waals surface area contributed by atoms with Gasteiger partial charge >= 0.3 is 0 Å². The lowest BCUT2D eigenvalue weighted by molar-refractivity contribution is -0.131. The number of aryl methyl sites for hydroxylation is 1. The van der Waals surface area contributed by atoms with Gasteiger partial charge in [-0.2, -0.15) is 0 Å². The van der Waals surface area contributed by atoms with Crippen LogP contribution in [-0.4, -0.2) is 53.7 Å². The molecule has 2 rings (SSSR count). The number of anilines is 1. The molecule has 0 unspecified atom stereocenters. The molecule has 1 fully saturated rings. The van der Waals surface area contributed by atoms with Crippen molar-refractivity contribution < 1.29 is 9.00 Å². The second-order valence-corrected chi connectivity index (χ2v) is 7.94. The van der Waals surface area contributed by atoms with E-state index < -0.39 is 10.8 Å². The molecule has 5 heteroatoms. The summed E-state index contributed by atoms with van der Waals surface area (Å²) in [4.78, 5) is 16.4. The van der Waals surface area contributed by atoms with Crippen LogP contribution >= 0.6 is 0 Å². The number of hydrogen-bond donors (Lipinski definition) is 0. The third kappa shape index (κ3) is 4.83. The number of carbonyl (C=O) groups excluding carboxylic acids is 1. The van der Waals surface area contributed by atoms with Crippen LogP contribution in [-0.2, 0) is 22.0 Å². The van der Waals surface area contributed by atoms with Crippen molar-refractivity contribution in [3.63, 3.8) is 0 Å². The van der Waals surface area contributed by atoms with Crippen molar-refractivity contribution in [2.75, 3.05) is 43.6 Å². The Morgan fingerprint density at radius 2 is 2.18 bits per heavy atom. The predicted molar refractivity (Wildman–Crippen MR) is 92.7 cm³/mol. The first kappa shape index (κ1) is 17.0. The molecule has 1 heterocycles. The van der Waals surface area contributed by atoms with Gasteiger partial charge in [-0.1, -0.05) is 19.1 Å². The van der Waals surface area contributed by atoms with E-state index in [4.69, 9.17) is 0 Å². The molecule has 1 aromatic carbocycles. The van der Waals surface area contributed by atoms with E-state index in [0.29, 0.717) is 30.4 Å². The van der Waals surface area contributed by atoms with Gasteiger partial charge in [0.2, 0.25) is 5.91 Å². The van der Waals surface area contributed by atoms with E-state index in [0.717, 1.165) is 18.7 Å². The summed E-state index contributed by atoms with van der Waals surface area (Å²) >= 11 is 0. The van der Waals surface area contributed by atoms with Crippen molar-refractivity contribution in [2.45, 2.75) is 19.8 Å². The number of rotatable bonds is 4. The fourth-order valence-electron chi connectivity index (χ4n) is 2.76. The van der Waals surface area contributed by atoms with Gasteiger partial charge in [0.1, 0.15) is 0 Å². The van der Waals surface area contributed by atoms with Gasteiger partial charge in [-0.25, -0.2) is 0 Å². The molecule has 4 nitrogen and oxygen atoms in total. The van der Waals surface area contributed by atoms with E-state index in [2.05, 4.69) is 30.0 Å². The van der Waals surface area contributed by atoms with Crippen LogP contribution < -0.4 is 4.90 Å². The van der Waals surface area contributed by atoms with Gasteiger partial charge in [-0.05, 0) is 30.0 Å². The van der Waals surface area contributed by atoms with Crippen molar-refractivity contribution in [3.05, 3.63) is 29.8 Å². The monoisotopic (exact) mass is 322 g/mol. The van der Waals surface area contributed by atoms with Crippen LogP contribution in [0, 0.1) is 5.92 Å². The van der Waals surface area contributed by atoms with Gasteiger partial charge in [-0.15, -0.1) is 0 Å². The summed E-state index contributed by atoms with van der Waals surface area (Å²) in [5, 5.41) is 0. The highest BCUT2D eigenvalue weighted by Crippen LogP contribution is 2.16. The lowest BCUT2D eigenvalue weighted by Crippen LogP contribution is -2.35. The average Bonchev–Trinajstić information content (AvgIpc) is 2.65. The van der Waals surface area contributed by atoms with E-state index in [1.165, 1.54) is 5.56 Å². The highest BCUT2D eigenvalue weighted by atomic mass is 32.2. The first-order valence-electron chi connectivity index (χ1n) is 7.84. The van der Waals surface area contributed by atoms with Crippen molar-refractivity contribution in [1.82, 2.24) is 4.90 Å². The smallest absolute Gasteiger partial charge is 0.222 e. The zero-order chi connectivity index (χ0) is 16.1. The third-order valence-electron chi connectivity index (χ3n) is 4.00. The van der Waals surface area contributed by atoms with E-state index in [-0.39, 0.29) is 5.91 Å². The predicted octanol–water partition coefficient (Wildman–Crippen LogP) is 1.91. The second kappa shape index (κ2) is 7.77. The maximum Gasteiger partial charge on any atom is 0.222 e. The first-order chi connectivity index (χ1) is 10.5. The van der Waals surface area contributed by atoms with Crippen LogP contribution in [0.2, 0.25) is 0 Å². The molecule has 1 saturated heterocycles. The molecule has 0 bridgehead atoms. The fraction of sp³-hybridized carbons (Fsp3) is 0.588. The molecule has 1 aliphatic rings. The molecular formula is C17H26N2O2S. The molecule has 0 spiro atoms. The van der Waals surface area contributed by atoms with E-state index in [1.54, 1.807) is 0 Å². The van der Waals surface area contributed by atoms with E-state index >= 15 is 0 Å². The topological polar surface area (TPSA) is 40.6 Å². The minimum absolute atomic E-state index is 0.181. The van der Waals surface area contributed by atoms with Crippen LogP contribution in [0.4, 0.5) is 5.69 Å². The first-order valence-corrected chi connectivity index (χ1v) is 9.33. The second-order valence-electron chi connectivity index (χ2n) is 6.32. The Bertz CT molecular complexity index is 545. The van der Waals surface area contributed by atoms with Gasteiger partial charge in [0.05, 0.1) is 0 Å². The minimum atomic E-state index is -0.773. The van der Waals surface area contributed by atoms with Crippen LogP contribution in [0.15, 0.2) is 24.3 Å². The summed E-state index contributed by atoms with van der Waals surface area (Å²) in [6.45, 7) is 3.44. The van der Waals surface area contributed by atoms with Gasteiger partial charge in [0, 0.05) is 61.6 Å². The van der Waals surface area contributed by atoms with Crippen molar-refractivity contribution in [3.8, 4) is 0 Å². The van der Waals surface area contributed by atoms with E-state index in [1.807, 2.05) is 25.1 Å². The fourth-order valence-corrected chi connectivity index (χ4v) is 4.09. The highest BCUT2D eigenvalue weighted by molar-refractivity contribution is 7.85. The average molecular weight is 322 g/mol. The largest absolute Gasteiger partial charge is 0.378 e. The van der Waals surface area contributed by atoms with Crippen LogP contribution in [0.5, 0.6) is 0 Å². The summed E-state index contributed by atoms with van der Waals surface area (Å²) in [6, 6.07) is 8.30.